The Kier molecular flexibility index (Phi) is 3.71. The van der Waals surface area contributed by atoms with Crippen LogP contribution in [0.15, 0.2) is 0 Å². The maximum Gasteiger partial charge on any atom is 0.408 e. The first-order valence-corrected chi connectivity index (χ1v) is 3.97. The second-order valence-electron chi connectivity index (χ2n) is 3.73. The quantitative estimate of drug-likeness (QED) is 0.691. The molecule has 5 heteroatoms. The molecular weight excluding hydrogens is 172 g/mol. The number of nitrogens with one attached hydrogen (secondary N) is 2. The summed E-state index contributed by atoms with van der Waals surface area (Å²) in [6.45, 7) is 6.60. The SMILES string of the molecule is C[C@H](NC(=O)OC(C)(C)C)C([NH])=O. The molecule has 0 fully saturated rings. The average molecular weight is 187 g/mol. The fourth-order valence-electron chi connectivity index (χ4n) is 0.550. The van der Waals surface area contributed by atoms with Crippen LogP contribution in [0.25, 0.3) is 0 Å². The van der Waals surface area contributed by atoms with Crippen LogP contribution in [0.5, 0.6) is 0 Å². The number of carbonyl (C=O) groups is 2. The lowest BCUT2D eigenvalue weighted by Crippen LogP contribution is -2.42. The highest BCUT2D eigenvalue weighted by atomic mass is 16.6. The van der Waals surface area contributed by atoms with Crippen molar-refractivity contribution in [1.82, 2.24) is 11.1 Å². The van der Waals surface area contributed by atoms with Gasteiger partial charge in [-0.05, 0) is 27.7 Å². The lowest BCUT2D eigenvalue weighted by Gasteiger charge is -2.20. The molecule has 75 valence electrons. The van der Waals surface area contributed by atoms with Gasteiger partial charge in [0.2, 0.25) is 0 Å². The smallest absolute Gasteiger partial charge is 0.408 e. The first-order valence-electron chi connectivity index (χ1n) is 3.97. The van der Waals surface area contributed by atoms with Crippen molar-refractivity contribution >= 4 is 12.0 Å². The van der Waals surface area contributed by atoms with E-state index in [9.17, 15) is 9.59 Å². The van der Waals surface area contributed by atoms with Gasteiger partial charge in [-0.25, -0.2) is 4.79 Å². The van der Waals surface area contributed by atoms with Gasteiger partial charge in [-0.2, -0.15) is 0 Å². The highest BCUT2D eigenvalue weighted by Gasteiger charge is 2.19. The van der Waals surface area contributed by atoms with E-state index in [1.807, 2.05) is 0 Å². The fourth-order valence-corrected chi connectivity index (χ4v) is 0.550. The maximum atomic E-state index is 11.0. The molecule has 5 nitrogen and oxygen atoms in total. The molecule has 0 aromatic rings. The van der Waals surface area contributed by atoms with E-state index in [1.165, 1.54) is 6.92 Å². The minimum Gasteiger partial charge on any atom is -0.444 e. The Morgan fingerprint density at radius 1 is 1.38 bits per heavy atom. The molecule has 0 unspecified atom stereocenters. The number of ether oxygens (including phenoxy) is 1. The zero-order valence-electron chi connectivity index (χ0n) is 8.30. The minimum absolute atomic E-state index is 0.588. The second kappa shape index (κ2) is 4.11. The van der Waals surface area contributed by atoms with Crippen molar-refractivity contribution in [2.24, 2.45) is 0 Å². The fraction of sp³-hybridized carbons (Fsp3) is 0.750. The number of hydrogen-bond acceptors (Lipinski definition) is 3. The van der Waals surface area contributed by atoms with Gasteiger partial charge in [0, 0.05) is 0 Å². The van der Waals surface area contributed by atoms with Crippen molar-refractivity contribution in [1.29, 1.82) is 0 Å². The highest BCUT2D eigenvalue weighted by molar-refractivity contribution is 5.83. The van der Waals surface area contributed by atoms with Gasteiger partial charge in [-0.3, -0.25) is 10.5 Å². The molecule has 0 aliphatic heterocycles. The summed E-state index contributed by atoms with van der Waals surface area (Å²) < 4.78 is 4.87. The molecule has 1 atom stereocenters. The van der Waals surface area contributed by atoms with Gasteiger partial charge in [0.15, 0.2) is 0 Å². The van der Waals surface area contributed by atoms with E-state index in [-0.39, 0.29) is 0 Å². The monoisotopic (exact) mass is 187 g/mol. The van der Waals surface area contributed by atoms with Crippen molar-refractivity contribution in [3.8, 4) is 0 Å². The van der Waals surface area contributed by atoms with E-state index in [0.29, 0.717) is 0 Å². The predicted molar refractivity (Wildman–Crippen MR) is 46.9 cm³/mol. The zero-order chi connectivity index (χ0) is 10.6. The molecule has 2 amide bonds. The van der Waals surface area contributed by atoms with Gasteiger partial charge in [0.1, 0.15) is 11.6 Å². The lowest BCUT2D eigenvalue weighted by molar-refractivity contribution is -0.120. The normalized spacial score (nSPS) is 13.2. The van der Waals surface area contributed by atoms with Gasteiger partial charge < -0.3 is 10.1 Å². The van der Waals surface area contributed by atoms with Gasteiger partial charge in [0.05, 0.1) is 0 Å². The van der Waals surface area contributed by atoms with E-state index >= 15 is 0 Å². The van der Waals surface area contributed by atoms with Gasteiger partial charge >= 0.3 is 6.09 Å². The number of alkyl carbamates (subject to hydrolysis) is 1. The second-order valence-corrected chi connectivity index (χ2v) is 3.73. The van der Waals surface area contributed by atoms with Crippen molar-refractivity contribution in [3.05, 3.63) is 0 Å². The predicted octanol–water partition coefficient (Wildman–Crippen LogP) is 0.709. The van der Waals surface area contributed by atoms with Crippen molar-refractivity contribution in [2.75, 3.05) is 0 Å². The van der Waals surface area contributed by atoms with Crippen molar-refractivity contribution in [2.45, 2.75) is 39.3 Å². The summed E-state index contributed by atoms with van der Waals surface area (Å²) in [7, 11) is 0. The molecule has 0 aliphatic carbocycles. The summed E-state index contributed by atoms with van der Waals surface area (Å²) in [5.74, 6) is -0.842. The summed E-state index contributed by atoms with van der Waals surface area (Å²) >= 11 is 0. The Morgan fingerprint density at radius 3 is 2.15 bits per heavy atom. The van der Waals surface area contributed by atoms with E-state index in [2.05, 4.69) is 5.32 Å². The summed E-state index contributed by atoms with van der Waals surface area (Å²) in [5.41, 5.74) is 6.11. The molecule has 0 saturated heterocycles. The van der Waals surface area contributed by atoms with E-state index in [1.54, 1.807) is 20.8 Å². The largest absolute Gasteiger partial charge is 0.444 e. The third-order valence-electron chi connectivity index (χ3n) is 1.13. The highest BCUT2D eigenvalue weighted by Crippen LogP contribution is 2.06. The van der Waals surface area contributed by atoms with Crippen LogP contribution in [0.4, 0.5) is 4.79 Å². The van der Waals surface area contributed by atoms with Crippen LogP contribution in [-0.2, 0) is 9.53 Å². The summed E-state index contributed by atoms with van der Waals surface area (Å²) in [6.07, 6.45) is -0.680. The average Bonchev–Trinajstić information content (AvgIpc) is 1.81. The molecular formula is C8H15N2O3. The number of amides is 2. The van der Waals surface area contributed by atoms with E-state index in [4.69, 9.17) is 10.5 Å². The van der Waals surface area contributed by atoms with E-state index in [0.717, 1.165) is 0 Å². The molecule has 0 spiro atoms. The molecule has 1 radical (unpaired) electrons. The molecule has 0 bridgehead atoms. The Hall–Kier alpha value is -1.26. The molecule has 0 aromatic carbocycles. The maximum absolute atomic E-state index is 11.0. The van der Waals surface area contributed by atoms with Gasteiger partial charge in [-0.15, -0.1) is 0 Å². The molecule has 2 N–H and O–H groups in total. The summed E-state index contributed by atoms with van der Waals surface area (Å²) in [5, 5.41) is 2.24. The number of hydrogen-bond donors (Lipinski definition) is 1. The van der Waals surface area contributed by atoms with Crippen LogP contribution < -0.4 is 11.1 Å². The first-order chi connectivity index (χ1) is 5.72. The molecule has 0 aromatic heterocycles. The van der Waals surface area contributed by atoms with Crippen LogP contribution >= 0.6 is 0 Å². The molecule has 0 rings (SSSR count). The van der Waals surface area contributed by atoms with E-state index < -0.39 is 23.6 Å². The lowest BCUT2D eigenvalue weighted by atomic mass is 10.2. The zero-order valence-corrected chi connectivity index (χ0v) is 8.30. The van der Waals surface area contributed by atoms with Crippen LogP contribution in [0.3, 0.4) is 0 Å². The number of carbonyl (C=O) groups excluding carboxylic acids is 2. The van der Waals surface area contributed by atoms with Crippen LogP contribution in [0.1, 0.15) is 27.7 Å². The van der Waals surface area contributed by atoms with Crippen LogP contribution in [-0.4, -0.2) is 23.6 Å². The molecule has 13 heavy (non-hydrogen) atoms. The third kappa shape index (κ3) is 5.95. The third-order valence-corrected chi connectivity index (χ3v) is 1.13. The number of rotatable bonds is 2. The van der Waals surface area contributed by atoms with Crippen LogP contribution in [0.2, 0.25) is 0 Å². The standard InChI is InChI=1S/C8H15N2O3/c1-5(6(9)11)10-7(12)13-8(2,3)4/h5,9H,1-4H3,(H,10,12)/t5-/m0/s1. The Morgan fingerprint density at radius 2 is 1.85 bits per heavy atom. The Bertz CT molecular complexity index is 208. The Balaban J connectivity index is 3.96. The van der Waals surface area contributed by atoms with Gasteiger partial charge in [0.25, 0.3) is 5.91 Å². The Labute approximate surface area is 77.6 Å². The molecule has 0 aliphatic rings. The molecule has 0 heterocycles. The summed E-state index contributed by atoms with van der Waals surface area (Å²) in [4.78, 5) is 21.4. The van der Waals surface area contributed by atoms with Gasteiger partial charge in [-0.1, -0.05) is 0 Å². The van der Waals surface area contributed by atoms with Crippen molar-refractivity contribution < 1.29 is 14.3 Å². The molecule has 0 saturated carbocycles. The minimum atomic E-state index is -0.842. The van der Waals surface area contributed by atoms with Crippen molar-refractivity contribution in [3.63, 3.8) is 0 Å². The van der Waals surface area contributed by atoms with Crippen LogP contribution in [0, 0.1) is 0 Å². The first kappa shape index (κ1) is 11.7. The summed E-state index contributed by atoms with van der Waals surface area (Å²) in [6, 6.07) is -0.824. The topological polar surface area (TPSA) is 79.2 Å².